The summed E-state index contributed by atoms with van der Waals surface area (Å²) in [4.78, 5) is 4.62. The summed E-state index contributed by atoms with van der Waals surface area (Å²) in [6.07, 6.45) is 1.90. The standard InChI is InChI=1S/C23H26FN3O2/c1-17-18(15-25)12-20(14-22(17)29-21-5-3-4-19(24)13-21)27-8-6-23(7-9-27)16-26(2)10-11-28-23/h3-5,12-14H,6-11,16H2,1-2H3. The van der Waals surface area contributed by atoms with Crippen molar-refractivity contribution in [2.24, 2.45) is 0 Å². The molecule has 1 spiro atoms. The number of nitrogens with zero attached hydrogens (tertiary/aromatic N) is 3. The molecule has 0 radical (unpaired) electrons. The van der Waals surface area contributed by atoms with Gasteiger partial charge in [0.2, 0.25) is 0 Å². The highest BCUT2D eigenvalue weighted by atomic mass is 19.1. The molecule has 0 unspecified atom stereocenters. The lowest BCUT2D eigenvalue weighted by Gasteiger charge is -2.47. The Morgan fingerprint density at radius 2 is 1.97 bits per heavy atom. The molecular formula is C23H26FN3O2. The summed E-state index contributed by atoms with van der Waals surface area (Å²) in [6.45, 7) is 6.31. The van der Waals surface area contributed by atoms with E-state index < -0.39 is 0 Å². The molecule has 2 saturated heterocycles. The maximum atomic E-state index is 13.5. The van der Waals surface area contributed by atoms with Gasteiger partial charge in [-0.25, -0.2) is 4.39 Å². The summed E-state index contributed by atoms with van der Waals surface area (Å²) < 4.78 is 25.6. The summed E-state index contributed by atoms with van der Waals surface area (Å²) in [5, 5.41) is 9.59. The number of morpholine rings is 1. The van der Waals surface area contributed by atoms with E-state index in [1.807, 2.05) is 19.1 Å². The van der Waals surface area contributed by atoms with E-state index in [1.165, 1.54) is 12.1 Å². The number of likely N-dealkylation sites (N-methyl/N-ethyl adjacent to an activating group) is 1. The highest BCUT2D eigenvalue weighted by Gasteiger charge is 2.39. The molecule has 29 heavy (non-hydrogen) atoms. The number of hydrogen-bond acceptors (Lipinski definition) is 5. The van der Waals surface area contributed by atoms with Gasteiger partial charge in [-0.2, -0.15) is 5.26 Å². The normalized spacial score (nSPS) is 19.2. The second kappa shape index (κ2) is 8.02. The van der Waals surface area contributed by atoms with Crippen LogP contribution in [-0.4, -0.2) is 50.3 Å². The maximum absolute atomic E-state index is 13.5. The third kappa shape index (κ3) is 4.21. The fourth-order valence-electron chi connectivity index (χ4n) is 4.24. The van der Waals surface area contributed by atoms with Gasteiger partial charge in [0.25, 0.3) is 0 Å². The van der Waals surface area contributed by atoms with E-state index >= 15 is 0 Å². The van der Waals surface area contributed by atoms with Gasteiger partial charge in [-0.15, -0.1) is 0 Å². The SMILES string of the molecule is Cc1c(C#N)cc(N2CCC3(CC2)CN(C)CCO3)cc1Oc1cccc(F)c1. The van der Waals surface area contributed by atoms with Gasteiger partial charge in [0.15, 0.2) is 0 Å². The zero-order valence-electron chi connectivity index (χ0n) is 16.9. The van der Waals surface area contributed by atoms with Crippen LogP contribution in [0.3, 0.4) is 0 Å². The lowest BCUT2D eigenvalue weighted by molar-refractivity contribution is -0.115. The fourth-order valence-corrected chi connectivity index (χ4v) is 4.24. The third-order valence-electron chi connectivity index (χ3n) is 5.97. The van der Waals surface area contributed by atoms with Gasteiger partial charge >= 0.3 is 0 Å². The van der Waals surface area contributed by atoms with Crippen LogP contribution in [0, 0.1) is 24.1 Å². The lowest BCUT2D eigenvalue weighted by Crippen LogP contribution is -2.56. The number of anilines is 1. The van der Waals surface area contributed by atoms with E-state index in [9.17, 15) is 9.65 Å². The smallest absolute Gasteiger partial charge is 0.133 e. The zero-order valence-corrected chi connectivity index (χ0v) is 16.9. The molecule has 0 aliphatic carbocycles. The first-order valence-corrected chi connectivity index (χ1v) is 10.0. The van der Waals surface area contributed by atoms with Gasteiger partial charge in [0.05, 0.1) is 23.8 Å². The number of ether oxygens (including phenoxy) is 2. The van der Waals surface area contributed by atoms with Crippen LogP contribution in [0.5, 0.6) is 11.5 Å². The van der Waals surface area contributed by atoms with Crippen molar-refractivity contribution in [2.45, 2.75) is 25.4 Å². The number of hydrogen-bond donors (Lipinski definition) is 0. The molecule has 152 valence electrons. The van der Waals surface area contributed by atoms with Crippen molar-refractivity contribution in [2.75, 3.05) is 44.7 Å². The minimum Gasteiger partial charge on any atom is -0.457 e. The molecule has 0 N–H and O–H groups in total. The van der Waals surface area contributed by atoms with Gasteiger partial charge in [-0.1, -0.05) is 6.07 Å². The van der Waals surface area contributed by atoms with Crippen molar-refractivity contribution in [3.8, 4) is 17.6 Å². The topological polar surface area (TPSA) is 48.7 Å². The summed E-state index contributed by atoms with van der Waals surface area (Å²) in [6, 6.07) is 12.2. The van der Waals surface area contributed by atoms with E-state index in [1.54, 1.807) is 12.1 Å². The summed E-state index contributed by atoms with van der Waals surface area (Å²) in [5.74, 6) is 0.652. The first-order valence-electron chi connectivity index (χ1n) is 10.0. The summed E-state index contributed by atoms with van der Waals surface area (Å²) >= 11 is 0. The van der Waals surface area contributed by atoms with Crippen molar-refractivity contribution in [1.29, 1.82) is 5.26 Å². The molecule has 6 heteroatoms. The molecular weight excluding hydrogens is 369 g/mol. The molecule has 0 saturated carbocycles. The Balaban J connectivity index is 1.56. The third-order valence-corrected chi connectivity index (χ3v) is 5.97. The molecule has 4 rings (SSSR count). The fraction of sp³-hybridized carbons (Fsp3) is 0.435. The number of nitriles is 1. The van der Waals surface area contributed by atoms with Gasteiger partial charge in [0, 0.05) is 49.6 Å². The Labute approximate surface area is 171 Å². The van der Waals surface area contributed by atoms with Crippen molar-refractivity contribution < 1.29 is 13.9 Å². The minimum atomic E-state index is -0.351. The second-order valence-corrected chi connectivity index (χ2v) is 8.04. The van der Waals surface area contributed by atoms with Crippen molar-refractivity contribution in [3.05, 3.63) is 53.3 Å². The second-order valence-electron chi connectivity index (χ2n) is 8.04. The number of benzene rings is 2. The molecule has 2 aromatic carbocycles. The first kappa shape index (κ1) is 19.7. The van der Waals surface area contributed by atoms with E-state index in [4.69, 9.17) is 9.47 Å². The van der Waals surface area contributed by atoms with Gasteiger partial charge in [0.1, 0.15) is 17.3 Å². The number of rotatable bonds is 3. The van der Waals surface area contributed by atoms with Crippen LogP contribution in [0.25, 0.3) is 0 Å². The van der Waals surface area contributed by atoms with Crippen molar-refractivity contribution in [3.63, 3.8) is 0 Å². The molecule has 0 bridgehead atoms. The van der Waals surface area contributed by atoms with Crippen molar-refractivity contribution >= 4 is 5.69 Å². The molecule has 2 heterocycles. The number of halogens is 1. The van der Waals surface area contributed by atoms with Crippen LogP contribution in [0.1, 0.15) is 24.0 Å². The Hall–Kier alpha value is -2.62. The molecule has 2 aliphatic heterocycles. The molecule has 0 aromatic heterocycles. The predicted molar refractivity (Wildman–Crippen MR) is 110 cm³/mol. The van der Waals surface area contributed by atoms with E-state index in [2.05, 4.69) is 22.9 Å². The largest absolute Gasteiger partial charge is 0.457 e. The Bertz CT molecular complexity index is 932. The van der Waals surface area contributed by atoms with E-state index in [0.717, 1.165) is 56.9 Å². The van der Waals surface area contributed by atoms with Crippen LogP contribution in [0.15, 0.2) is 36.4 Å². The van der Waals surface area contributed by atoms with E-state index in [0.29, 0.717) is 17.1 Å². The van der Waals surface area contributed by atoms with Crippen LogP contribution in [0.2, 0.25) is 0 Å². The molecule has 2 fully saturated rings. The van der Waals surface area contributed by atoms with Crippen LogP contribution in [-0.2, 0) is 4.74 Å². The van der Waals surface area contributed by atoms with Gasteiger partial charge in [-0.05, 0) is 45.0 Å². The van der Waals surface area contributed by atoms with E-state index in [-0.39, 0.29) is 11.4 Å². The maximum Gasteiger partial charge on any atom is 0.133 e. The first-order chi connectivity index (χ1) is 14.0. The van der Waals surface area contributed by atoms with Crippen LogP contribution >= 0.6 is 0 Å². The quantitative estimate of drug-likeness (QED) is 0.783. The molecule has 2 aliphatic rings. The minimum absolute atomic E-state index is 0.0624. The molecule has 0 atom stereocenters. The Morgan fingerprint density at radius 3 is 2.66 bits per heavy atom. The average molecular weight is 395 g/mol. The predicted octanol–water partition coefficient (Wildman–Crippen LogP) is 4.10. The number of piperidine rings is 1. The van der Waals surface area contributed by atoms with Crippen LogP contribution in [0.4, 0.5) is 10.1 Å². The van der Waals surface area contributed by atoms with Crippen LogP contribution < -0.4 is 9.64 Å². The molecule has 0 amide bonds. The Kier molecular flexibility index (Phi) is 5.44. The van der Waals surface area contributed by atoms with Gasteiger partial charge in [-0.3, -0.25) is 0 Å². The van der Waals surface area contributed by atoms with Crippen molar-refractivity contribution in [1.82, 2.24) is 4.90 Å². The Morgan fingerprint density at radius 1 is 1.17 bits per heavy atom. The highest BCUT2D eigenvalue weighted by molar-refractivity contribution is 5.61. The summed E-state index contributed by atoms with van der Waals surface area (Å²) in [7, 11) is 2.14. The zero-order chi connectivity index (χ0) is 20.4. The average Bonchev–Trinajstić information content (AvgIpc) is 2.70. The summed E-state index contributed by atoms with van der Waals surface area (Å²) in [5.41, 5.74) is 2.22. The lowest BCUT2D eigenvalue weighted by atomic mass is 9.89. The monoisotopic (exact) mass is 395 g/mol. The molecule has 5 nitrogen and oxygen atoms in total. The molecule has 2 aromatic rings. The van der Waals surface area contributed by atoms with Gasteiger partial charge < -0.3 is 19.3 Å². The highest BCUT2D eigenvalue weighted by Crippen LogP contribution is 2.36.